The van der Waals surface area contributed by atoms with Crippen molar-refractivity contribution in [1.82, 2.24) is 5.32 Å². The molecule has 102 valence electrons. The van der Waals surface area contributed by atoms with E-state index in [9.17, 15) is 4.79 Å². The lowest BCUT2D eigenvalue weighted by molar-refractivity contribution is -0.124. The van der Waals surface area contributed by atoms with Crippen LogP contribution in [-0.4, -0.2) is 12.5 Å². The molecule has 0 aliphatic carbocycles. The number of aryl methyl sites for hydroxylation is 2. The molecule has 0 saturated carbocycles. The maximum atomic E-state index is 11.7. The summed E-state index contributed by atoms with van der Waals surface area (Å²) in [6, 6.07) is 6.28. The van der Waals surface area contributed by atoms with Crippen molar-refractivity contribution in [3.63, 3.8) is 0 Å². The molecule has 0 radical (unpaired) electrons. The van der Waals surface area contributed by atoms with E-state index in [4.69, 9.17) is 5.73 Å². The molecule has 0 aliphatic rings. The highest BCUT2D eigenvalue weighted by Gasteiger charge is 2.14. The van der Waals surface area contributed by atoms with E-state index in [2.05, 4.69) is 37.4 Å². The van der Waals surface area contributed by atoms with Crippen LogP contribution in [0.25, 0.3) is 0 Å². The van der Waals surface area contributed by atoms with Crippen LogP contribution < -0.4 is 11.1 Å². The lowest BCUT2D eigenvalue weighted by atomic mass is 10.0. The Bertz CT molecular complexity index is 407. The third-order valence-corrected chi connectivity index (χ3v) is 3.19. The van der Waals surface area contributed by atoms with Gasteiger partial charge < -0.3 is 11.1 Å². The largest absolute Gasteiger partial charge is 0.349 e. The van der Waals surface area contributed by atoms with E-state index in [1.807, 2.05) is 13.8 Å². The summed E-state index contributed by atoms with van der Waals surface area (Å²) in [7, 11) is 0. The number of hydrogen-bond donors (Lipinski definition) is 2. The molecule has 0 aromatic heterocycles. The number of hydrogen-bond acceptors (Lipinski definition) is 2. The smallest absolute Gasteiger partial charge is 0.224 e. The predicted molar refractivity (Wildman–Crippen MR) is 77.9 cm³/mol. The molecule has 18 heavy (non-hydrogen) atoms. The Kier molecular flexibility index (Phi) is 6.96. The Morgan fingerprint density at radius 3 is 2.39 bits per heavy atom. The summed E-state index contributed by atoms with van der Waals surface area (Å²) < 4.78 is 0. The van der Waals surface area contributed by atoms with Gasteiger partial charge in [-0.25, -0.2) is 0 Å². The van der Waals surface area contributed by atoms with Crippen LogP contribution in [-0.2, 0) is 4.79 Å². The molecular formula is C14H23ClN2O. The number of amides is 1. The van der Waals surface area contributed by atoms with Gasteiger partial charge in [-0.3, -0.25) is 4.79 Å². The van der Waals surface area contributed by atoms with E-state index >= 15 is 0 Å². The van der Waals surface area contributed by atoms with E-state index in [0.717, 1.165) is 5.56 Å². The molecule has 4 heteroatoms. The number of benzene rings is 1. The van der Waals surface area contributed by atoms with Gasteiger partial charge in [0.05, 0.1) is 6.04 Å². The molecule has 0 heterocycles. The SMILES string of the molecule is Cc1ccc(C(C)NC(=O)C(C)CN)cc1C.Cl. The molecule has 0 spiro atoms. The monoisotopic (exact) mass is 270 g/mol. The van der Waals surface area contributed by atoms with Gasteiger partial charge in [-0.2, -0.15) is 0 Å². The zero-order valence-electron chi connectivity index (χ0n) is 11.5. The van der Waals surface area contributed by atoms with Crippen molar-refractivity contribution in [2.24, 2.45) is 11.7 Å². The van der Waals surface area contributed by atoms with E-state index in [-0.39, 0.29) is 30.3 Å². The number of nitrogens with one attached hydrogen (secondary N) is 1. The minimum absolute atomic E-state index is 0. The van der Waals surface area contributed by atoms with Gasteiger partial charge >= 0.3 is 0 Å². The van der Waals surface area contributed by atoms with Crippen LogP contribution in [0.4, 0.5) is 0 Å². The molecule has 1 amide bonds. The fraction of sp³-hybridized carbons (Fsp3) is 0.500. The Morgan fingerprint density at radius 2 is 1.89 bits per heavy atom. The molecule has 0 bridgehead atoms. The number of rotatable bonds is 4. The predicted octanol–water partition coefficient (Wildman–Crippen LogP) is 2.50. The number of carbonyl (C=O) groups excluding carboxylic acids is 1. The van der Waals surface area contributed by atoms with Gasteiger partial charge in [0.2, 0.25) is 5.91 Å². The average Bonchev–Trinajstić information content (AvgIpc) is 2.31. The summed E-state index contributed by atoms with van der Waals surface area (Å²) in [5.74, 6) is -0.123. The second-order valence-corrected chi connectivity index (χ2v) is 4.71. The molecule has 0 fully saturated rings. The van der Waals surface area contributed by atoms with E-state index in [0.29, 0.717) is 6.54 Å². The summed E-state index contributed by atoms with van der Waals surface area (Å²) in [4.78, 5) is 11.7. The summed E-state index contributed by atoms with van der Waals surface area (Å²) in [6.45, 7) is 8.37. The minimum atomic E-state index is -0.135. The third-order valence-electron chi connectivity index (χ3n) is 3.19. The first kappa shape index (κ1) is 16.9. The quantitative estimate of drug-likeness (QED) is 0.883. The van der Waals surface area contributed by atoms with Gasteiger partial charge in [0.1, 0.15) is 0 Å². The van der Waals surface area contributed by atoms with Gasteiger partial charge in [0.25, 0.3) is 0 Å². The van der Waals surface area contributed by atoms with Crippen LogP contribution in [0.2, 0.25) is 0 Å². The van der Waals surface area contributed by atoms with Crippen molar-refractivity contribution in [3.05, 3.63) is 34.9 Å². The normalized spacial score (nSPS) is 13.4. The van der Waals surface area contributed by atoms with Crippen molar-refractivity contribution in [3.8, 4) is 0 Å². The van der Waals surface area contributed by atoms with Crippen molar-refractivity contribution < 1.29 is 4.79 Å². The molecule has 1 aromatic rings. The molecular weight excluding hydrogens is 248 g/mol. The Balaban J connectivity index is 0.00000289. The lowest BCUT2D eigenvalue weighted by Gasteiger charge is -2.18. The maximum Gasteiger partial charge on any atom is 0.224 e. The third kappa shape index (κ3) is 4.31. The first-order valence-electron chi connectivity index (χ1n) is 6.03. The van der Waals surface area contributed by atoms with Crippen molar-refractivity contribution in [2.75, 3.05) is 6.54 Å². The summed E-state index contributed by atoms with van der Waals surface area (Å²) >= 11 is 0. The topological polar surface area (TPSA) is 55.1 Å². The number of carbonyl (C=O) groups is 1. The van der Waals surface area contributed by atoms with Gasteiger partial charge in [-0.1, -0.05) is 25.1 Å². The molecule has 2 unspecified atom stereocenters. The Hall–Kier alpha value is -1.06. The average molecular weight is 271 g/mol. The number of halogens is 1. The van der Waals surface area contributed by atoms with Gasteiger partial charge in [-0.15, -0.1) is 12.4 Å². The first-order valence-corrected chi connectivity index (χ1v) is 6.03. The van der Waals surface area contributed by atoms with Crippen LogP contribution in [0.1, 0.15) is 36.6 Å². The fourth-order valence-corrected chi connectivity index (χ4v) is 1.58. The van der Waals surface area contributed by atoms with Crippen LogP contribution in [0.5, 0.6) is 0 Å². The van der Waals surface area contributed by atoms with E-state index < -0.39 is 0 Å². The van der Waals surface area contributed by atoms with Crippen molar-refractivity contribution in [1.29, 1.82) is 0 Å². The van der Waals surface area contributed by atoms with Crippen molar-refractivity contribution >= 4 is 18.3 Å². The zero-order chi connectivity index (χ0) is 13.0. The molecule has 3 nitrogen and oxygen atoms in total. The highest BCUT2D eigenvalue weighted by molar-refractivity contribution is 5.85. The minimum Gasteiger partial charge on any atom is -0.349 e. The summed E-state index contributed by atoms with van der Waals surface area (Å²) in [5, 5.41) is 2.97. The molecule has 1 aromatic carbocycles. The Morgan fingerprint density at radius 1 is 1.28 bits per heavy atom. The van der Waals surface area contributed by atoms with Crippen LogP contribution in [0.3, 0.4) is 0 Å². The summed E-state index contributed by atoms with van der Waals surface area (Å²) in [6.07, 6.45) is 0. The molecule has 3 N–H and O–H groups in total. The highest BCUT2D eigenvalue weighted by Crippen LogP contribution is 2.17. The van der Waals surface area contributed by atoms with Crippen molar-refractivity contribution in [2.45, 2.75) is 33.7 Å². The zero-order valence-corrected chi connectivity index (χ0v) is 12.3. The van der Waals surface area contributed by atoms with E-state index in [1.54, 1.807) is 0 Å². The van der Waals surface area contributed by atoms with Crippen LogP contribution in [0.15, 0.2) is 18.2 Å². The first-order chi connectivity index (χ1) is 7.95. The maximum absolute atomic E-state index is 11.7. The second kappa shape index (κ2) is 7.39. The van der Waals surface area contributed by atoms with Gasteiger partial charge in [0, 0.05) is 12.5 Å². The molecule has 2 atom stereocenters. The number of nitrogens with two attached hydrogens (primary N) is 1. The summed E-state index contributed by atoms with van der Waals surface area (Å²) in [5.41, 5.74) is 9.11. The molecule has 0 aliphatic heterocycles. The molecule has 0 saturated heterocycles. The van der Waals surface area contributed by atoms with Crippen LogP contribution >= 0.6 is 12.4 Å². The lowest BCUT2D eigenvalue weighted by Crippen LogP contribution is -2.34. The highest BCUT2D eigenvalue weighted by atomic mass is 35.5. The Labute approximate surface area is 116 Å². The van der Waals surface area contributed by atoms with Gasteiger partial charge in [0.15, 0.2) is 0 Å². The molecule has 1 rings (SSSR count). The standard InChI is InChI=1S/C14H22N2O.ClH/c1-9-5-6-13(7-10(9)2)12(4)16-14(17)11(3)8-15;/h5-7,11-12H,8,15H2,1-4H3,(H,16,17);1H. The van der Waals surface area contributed by atoms with Gasteiger partial charge in [-0.05, 0) is 37.5 Å². The second-order valence-electron chi connectivity index (χ2n) is 4.71. The van der Waals surface area contributed by atoms with Crippen LogP contribution in [0, 0.1) is 19.8 Å². The fourth-order valence-electron chi connectivity index (χ4n) is 1.58. The van der Waals surface area contributed by atoms with E-state index in [1.165, 1.54) is 11.1 Å².